The molecule has 3 aromatic rings. The first kappa shape index (κ1) is 20.5. The van der Waals surface area contributed by atoms with Gasteiger partial charge in [-0.15, -0.1) is 0 Å². The fourth-order valence-corrected chi connectivity index (χ4v) is 4.02. The number of primary amides is 1. The van der Waals surface area contributed by atoms with Gasteiger partial charge in [-0.2, -0.15) is 10.2 Å². The number of rotatable bonds is 6. The first-order chi connectivity index (χ1) is 16.0. The molecular formula is C24H21N7O2. The van der Waals surface area contributed by atoms with E-state index in [4.69, 9.17) is 5.73 Å². The van der Waals surface area contributed by atoms with E-state index >= 15 is 0 Å². The van der Waals surface area contributed by atoms with Crippen LogP contribution < -0.4 is 21.7 Å². The van der Waals surface area contributed by atoms with E-state index in [1.165, 1.54) is 6.20 Å². The number of anilines is 4. The molecule has 9 heteroatoms. The number of fused-ring (bicyclic) bond motifs is 1. The van der Waals surface area contributed by atoms with Gasteiger partial charge in [0.25, 0.3) is 11.8 Å². The number of hydrogen-bond acceptors (Lipinski definition) is 7. The monoisotopic (exact) mass is 439 g/mol. The topological polar surface area (TPSA) is 146 Å². The second-order valence-electron chi connectivity index (χ2n) is 8.18. The van der Waals surface area contributed by atoms with E-state index in [9.17, 15) is 14.9 Å². The minimum atomic E-state index is -0.665. The second-order valence-corrected chi connectivity index (χ2v) is 8.18. The highest BCUT2D eigenvalue weighted by Gasteiger charge is 2.44. The maximum Gasteiger partial charge on any atom is 0.254 e. The van der Waals surface area contributed by atoms with Crippen molar-refractivity contribution in [2.24, 2.45) is 5.73 Å². The summed E-state index contributed by atoms with van der Waals surface area (Å²) in [6.45, 7) is 0.535. The van der Waals surface area contributed by atoms with Crippen LogP contribution in [0.1, 0.15) is 44.7 Å². The summed E-state index contributed by atoms with van der Waals surface area (Å²) in [5.74, 6) is -0.272. The molecule has 1 saturated carbocycles. The average Bonchev–Trinajstić information content (AvgIpc) is 3.62. The van der Waals surface area contributed by atoms with Crippen LogP contribution in [0.4, 0.5) is 23.1 Å². The summed E-state index contributed by atoms with van der Waals surface area (Å²) >= 11 is 0. The van der Waals surface area contributed by atoms with Crippen molar-refractivity contribution in [2.45, 2.75) is 24.7 Å². The lowest BCUT2D eigenvalue weighted by Crippen LogP contribution is -2.32. The number of hydrogen-bond donors (Lipinski definition) is 4. The smallest absolute Gasteiger partial charge is 0.254 e. The van der Waals surface area contributed by atoms with E-state index in [-0.39, 0.29) is 28.7 Å². The predicted octanol–water partition coefficient (Wildman–Crippen LogP) is 2.90. The van der Waals surface area contributed by atoms with E-state index in [2.05, 4.69) is 32.0 Å². The largest absolute Gasteiger partial charge is 0.365 e. The van der Waals surface area contributed by atoms with Gasteiger partial charge in [0.15, 0.2) is 0 Å². The summed E-state index contributed by atoms with van der Waals surface area (Å²) in [6.07, 6.45) is 3.79. The van der Waals surface area contributed by atoms with E-state index in [1.54, 1.807) is 12.1 Å². The summed E-state index contributed by atoms with van der Waals surface area (Å²) in [5, 5.41) is 18.5. The SMILES string of the molecule is N#CC1(c2ccc(Nc3ncc(C(N)=O)c(Nc4cccc5c4CCNC5=O)n3)cc2)CC1. The van der Waals surface area contributed by atoms with Crippen LogP contribution in [0.2, 0.25) is 0 Å². The van der Waals surface area contributed by atoms with E-state index in [1.807, 2.05) is 30.3 Å². The minimum absolute atomic E-state index is 0.132. The lowest BCUT2D eigenvalue weighted by molar-refractivity contribution is 0.0944. The first-order valence-electron chi connectivity index (χ1n) is 10.6. The van der Waals surface area contributed by atoms with Crippen molar-refractivity contribution >= 4 is 35.0 Å². The lowest BCUT2D eigenvalue weighted by atomic mass is 9.98. The summed E-state index contributed by atoms with van der Waals surface area (Å²) < 4.78 is 0. The Morgan fingerprint density at radius 2 is 1.94 bits per heavy atom. The van der Waals surface area contributed by atoms with Crippen molar-refractivity contribution in [3.05, 3.63) is 70.9 Å². The molecule has 0 atom stereocenters. The molecule has 2 amide bonds. The fraction of sp³-hybridized carbons (Fsp3) is 0.208. The van der Waals surface area contributed by atoms with Crippen molar-refractivity contribution in [3.63, 3.8) is 0 Å². The van der Waals surface area contributed by atoms with Gasteiger partial charge in [0.2, 0.25) is 5.95 Å². The van der Waals surface area contributed by atoms with E-state index < -0.39 is 5.91 Å². The van der Waals surface area contributed by atoms with Crippen molar-refractivity contribution < 1.29 is 9.59 Å². The Labute approximate surface area is 190 Å². The number of nitrogens with one attached hydrogen (secondary N) is 3. The van der Waals surface area contributed by atoms with Crippen molar-refractivity contribution in [2.75, 3.05) is 17.2 Å². The molecule has 0 bridgehead atoms. The number of benzene rings is 2. The number of carbonyl (C=O) groups is 2. The third kappa shape index (κ3) is 3.83. The van der Waals surface area contributed by atoms with Crippen LogP contribution in [0.5, 0.6) is 0 Å². The van der Waals surface area contributed by atoms with E-state index in [0.717, 1.165) is 29.7 Å². The Morgan fingerprint density at radius 3 is 2.64 bits per heavy atom. The maximum absolute atomic E-state index is 12.2. The Balaban J connectivity index is 1.43. The van der Waals surface area contributed by atoms with Gasteiger partial charge in [-0.25, -0.2) is 4.98 Å². The summed E-state index contributed by atoms with van der Waals surface area (Å²) in [4.78, 5) is 32.8. The van der Waals surface area contributed by atoms with Gasteiger partial charge in [-0.1, -0.05) is 18.2 Å². The first-order valence-corrected chi connectivity index (χ1v) is 10.6. The molecule has 2 aromatic carbocycles. The number of nitriles is 1. The van der Waals surface area contributed by atoms with Crippen LogP contribution in [-0.4, -0.2) is 28.3 Å². The molecule has 1 aromatic heterocycles. The maximum atomic E-state index is 12.2. The highest BCUT2D eigenvalue weighted by molar-refractivity contribution is 6.00. The Hall–Kier alpha value is -4.45. The highest BCUT2D eigenvalue weighted by atomic mass is 16.2. The van der Waals surface area contributed by atoms with Crippen molar-refractivity contribution in [1.82, 2.24) is 15.3 Å². The molecule has 5 N–H and O–H groups in total. The van der Waals surface area contributed by atoms with Crippen LogP contribution in [0.25, 0.3) is 0 Å². The standard InChI is InChI=1S/C24H21N7O2/c25-13-24(9-10-24)14-4-6-15(7-5-14)29-23-28-12-18(20(26)32)21(31-23)30-19-3-1-2-17-16(19)8-11-27-22(17)33/h1-7,12H,8-11H2,(H2,26,32)(H,27,33)(H2,28,29,30,31). The van der Waals surface area contributed by atoms with Crippen LogP contribution >= 0.6 is 0 Å². The van der Waals surface area contributed by atoms with Gasteiger partial charge in [0.05, 0.1) is 11.5 Å². The molecule has 0 spiro atoms. The van der Waals surface area contributed by atoms with Crippen LogP contribution in [0.15, 0.2) is 48.7 Å². The average molecular weight is 439 g/mol. The fourth-order valence-electron chi connectivity index (χ4n) is 4.02. The van der Waals surface area contributed by atoms with Crippen molar-refractivity contribution in [1.29, 1.82) is 5.26 Å². The van der Waals surface area contributed by atoms with Gasteiger partial charge in [0, 0.05) is 29.7 Å². The molecule has 9 nitrogen and oxygen atoms in total. The second kappa shape index (κ2) is 7.91. The Morgan fingerprint density at radius 1 is 1.15 bits per heavy atom. The number of aromatic nitrogens is 2. The van der Waals surface area contributed by atoms with Gasteiger partial charge < -0.3 is 21.7 Å². The molecule has 0 unspecified atom stereocenters. The Bertz CT molecular complexity index is 1310. The molecule has 1 aliphatic carbocycles. The van der Waals surface area contributed by atoms with Gasteiger partial charge in [-0.3, -0.25) is 9.59 Å². The van der Waals surface area contributed by atoms with Crippen molar-refractivity contribution in [3.8, 4) is 6.07 Å². The molecule has 0 saturated heterocycles. The highest BCUT2D eigenvalue weighted by Crippen LogP contribution is 2.47. The van der Waals surface area contributed by atoms with E-state index in [0.29, 0.717) is 24.2 Å². The quantitative estimate of drug-likeness (QED) is 0.462. The third-order valence-electron chi connectivity index (χ3n) is 6.05. The Kier molecular flexibility index (Phi) is 4.90. The summed E-state index contributed by atoms with van der Waals surface area (Å²) in [7, 11) is 0. The molecule has 164 valence electrons. The predicted molar refractivity (Wildman–Crippen MR) is 123 cm³/mol. The number of carbonyl (C=O) groups excluding carboxylic acids is 2. The zero-order chi connectivity index (χ0) is 23.0. The molecule has 2 heterocycles. The number of amides is 2. The molecule has 1 aliphatic heterocycles. The third-order valence-corrected chi connectivity index (χ3v) is 6.05. The molecule has 33 heavy (non-hydrogen) atoms. The molecule has 2 aliphatic rings. The minimum Gasteiger partial charge on any atom is -0.365 e. The zero-order valence-electron chi connectivity index (χ0n) is 17.7. The normalized spacial score (nSPS) is 15.5. The van der Waals surface area contributed by atoms with Gasteiger partial charge in [0.1, 0.15) is 11.4 Å². The summed E-state index contributed by atoms with van der Waals surface area (Å²) in [6, 6.07) is 15.4. The number of nitrogens with two attached hydrogens (primary N) is 1. The lowest BCUT2D eigenvalue weighted by Gasteiger charge is -2.20. The molecular weight excluding hydrogens is 418 g/mol. The van der Waals surface area contributed by atoms with Crippen LogP contribution in [-0.2, 0) is 11.8 Å². The number of nitrogens with zero attached hydrogens (tertiary/aromatic N) is 3. The molecule has 5 rings (SSSR count). The van der Waals surface area contributed by atoms with Gasteiger partial charge in [-0.05, 0) is 54.7 Å². The van der Waals surface area contributed by atoms with Crippen LogP contribution in [0.3, 0.4) is 0 Å². The van der Waals surface area contributed by atoms with Crippen LogP contribution in [0, 0.1) is 11.3 Å². The summed E-state index contributed by atoms with van der Waals surface area (Å²) in [5.41, 5.74) is 9.21. The molecule has 0 radical (unpaired) electrons. The molecule has 1 fully saturated rings. The van der Waals surface area contributed by atoms with Gasteiger partial charge >= 0.3 is 0 Å². The zero-order valence-corrected chi connectivity index (χ0v) is 17.7.